The molecule has 8 heteroatoms. The van der Waals surface area contributed by atoms with Gasteiger partial charge < -0.3 is 14.8 Å². The molecule has 0 bridgehead atoms. The predicted octanol–water partition coefficient (Wildman–Crippen LogP) is 3.39. The van der Waals surface area contributed by atoms with E-state index in [2.05, 4.69) is 0 Å². The summed E-state index contributed by atoms with van der Waals surface area (Å²) in [4.78, 5) is 34.8. The topological polar surface area (TPSA) is 96.6 Å². The fourth-order valence-electron chi connectivity index (χ4n) is 2.73. The van der Waals surface area contributed by atoms with Crippen LogP contribution in [0.25, 0.3) is 16.7 Å². The van der Waals surface area contributed by atoms with Crippen molar-refractivity contribution in [2.45, 2.75) is 6.54 Å². The second kappa shape index (κ2) is 7.66. The number of benzene rings is 2. The molecular formula is C20H13ClFNO5. The summed E-state index contributed by atoms with van der Waals surface area (Å²) in [6.07, 6.45) is 1.78. The summed E-state index contributed by atoms with van der Waals surface area (Å²) < 4.78 is 14.8. The van der Waals surface area contributed by atoms with Gasteiger partial charge in [0.15, 0.2) is 5.43 Å². The highest BCUT2D eigenvalue weighted by molar-refractivity contribution is 6.38. The van der Waals surface area contributed by atoms with Gasteiger partial charge in [-0.3, -0.25) is 9.59 Å². The van der Waals surface area contributed by atoms with Gasteiger partial charge in [-0.15, -0.1) is 0 Å². The van der Waals surface area contributed by atoms with Gasteiger partial charge in [0.2, 0.25) is 0 Å². The van der Waals surface area contributed by atoms with E-state index in [1.807, 2.05) is 0 Å². The van der Waals surface area contributed by atoms with Crippen molar-refractivity contribution in [2.24, 2.45) is 0 Å². The maximum Gasteiger partial charge on any atom is 0.376 e. The summed E-state index contributed by atoms with van der Waals surface area (Å²) in [6.45, 7) is 0.228. The predicted molar refractivity (Wildman–Crippen MR) is 102 cm³/mol. The van der Waals surface area contributed by atoms with Gasteiger partial charge in [0.25, 0.3) is 5.78 Å². The number of ketones is 1. The number of halogens is 2. The van der Waals surface area contributed by atoms with Crippen molar-refractivity contribution >= 4 is 40.0 Å². The third-order valence-corrected chi connectivity index (χ3v) is 4.30. The van der Waals surface area contributed by atoms with Crippen molar-refractivity contribution < 1.29 is 24.2 Å². The summed E-state index contributed by atoms with van der Waals surface area (Å²) in [5.74, 6) is -4.30. The highest BCUT2D eigenvalue weighted by Crippen LogP contribution is 2.21. The first-order chi connectivity index (χ1) is 13.3. The van der Waals surface area contributed by atoms with Gasteiger partial charge in [-0.25, -0.2) is 9.18 Å². The zero-order valence-corrected chi connectivity index (χ0v) is 15.0. The van der Waals surface area contributed by atoms with Gasteiger partial charge in [0.1, 0.15) is 11.6 Å². The largest absolute Gasteiger partial charge is 0.507 e. The van der Waals surface area contributed by atoms with Crippen LogP contribution in [-0.4, -0.2) is 26.5 Å². The number of hydrogen-bond donors (Lipinski definition) is 2. The van der Waals surface area contributed by atoms with Gasteiger partial charge in [-0.2, -0.15) is 0 Å². The molecule has 0 unspecified atom stereocenters. The molecule has 0 spiro atoms. The van der Waals surface area contributed by atoms with Crippen LogP contribution in [-0.2, 0) is 16.1 Å². The number of aliphatic hydroxyl groups excluding tert-OH is 1. The standard InChI is InChI=1S/C20H13ClFNO5/c21-12-3-6-16-14(7-12)19(26)15(17(24)8-18(25)20(27)28)10-23(16)9-11-1-4-13(22)5-2-11/h1-8,10,24H,9H2,(H,27,28). The van der Waals surface area contributed by atoms with Gasteiger partial charge in [-0.1, -0.05) is 23.7 Å². The minimum Gasteiger partial charge on any atom is -0.507 e. The number of aromatic nitrogens is 1. The monoisotopic (exact) mass is 401 g/mol. The van der Waals surface area contributed by atoms with Gasteiger partial charge in [0.05, 0.1) is 11.1 Å². The Morgan fingerprint density at radius 3 is 2.43 bits per heavy atom. The van der Waals surface area contributed by atoms with Crippen LogP contribution < -0.4 is 5.43 Å². The number of rotatable bonds is 5. The highest BCUT2D eigenvalue weighted by Gasteiger charge is 2.16. The molecular weight excluding hydrogens is 389 g/mol. The minimum atomic E-state index is -1.76. The molecule has 0 aliphatic heterocycles. The van der Waals surface area contributed by atoms with Crippen LogP contribution >= 0.6 is 11.6 Å². The molecule has 0 saturated carbocycles. The molecule has 0 aliphatic carbocycles. The van der Waals surface area contributed by atoms with Crippen LogP contribution in [0.5, 0.6) is 0 Å². The van der Waals surface area contributed by atoms with Crippen LogP contribution in [0.15, 0.2) is 59.5 Å². The van der Waals surface area contributed by atoms with E-state index in [1.54, 1.807) is 28.8 Å². The first kappa shape index (κ1) is 19.3. The summed E-state index contributed by atoms with van der Waals surface area (Å²) in [5.41, 5.74) is 0.350. The third-order valence-electron chi connectivity index (χ3n) is 4.06. The molecule has 3 aromatic rings. The maximum absolute atomic E-state index is 13.1. The molecule has 1 heterocycles. The van der Waals surface area contributed by atoms with E-state index in [0.29, 0.717) is 16.6 Å². The highest BCUT2D eigenvalue weighted by atomic mass is 35.5. The number of hydrogen-bond acceptors (Lipinski definition) is 4. The van der Waals surface area contributed by atoms with Crippen molar-refractivity contribution in [2.75, 3.05) is 0 Å². The van der Waals surface area contributed by atoms with E-state index >= 15 is 0 Å². The lowest BCUT2D eigenvalue weighted by Gasteiger charge is -2.14. The number of aliphatic carboxylic acids is 1. The average Bonchev–Trinajstić information content (AvgIpc) is 2.65. The van der Waals surface area contributed by atoms with E-state index in [4.69, 9.17) is 16.7 Å². The molecule has 0 fully saturated rings. The lowest BCUT2D eigenvalue weighted by Crippen LogP contribution is -2.16. The molecule has 0 amide bonds. The van der Waals surface area contributed by atoms with Gasteiger partial charge >= 0.3 is 5.97 Å². The Kier molecular flexibility index (Phi) is 5.28. The SMILES string of the molecule is O=C(O)C(=O)C=C(O)c1cn(Cc2ccc(F)cc2)c2ccc(Cl)cc2c1=O. The van der Waals surface area contributed by atoms with Gasteiger partial charge in [-0.05, 0) is 35.9 Å². The number of carboxylic acid groups (broad SMARTS) is 1. The van der Waals surface area contributed by atoms with Crippen molar-refractivity contribution in [3.05, 3.63) is 86.9 Å². The average molecular weight is 402 g/mol. The Hall–Kier alpha value is -3.45. The maximum atomic E-state index is 13.1. The lowest BCUT2D eigenvalue weighted by atomic mass is 10.1. The molecule has 28 heavy (non-hydrogen) atoms. The number of aliphatic hydroxyl groups is 1. The van der Waals surface area contributed by atoms with Crippen LogP contribution in [0.1, 0.15) is 11.1 Å². The van der Waals surface area contributed by atoms with E-state index < -0.39 is 28.8 Å². The number of carboxylic acids is 1. The van der Waals surface area contributed by atoms with E-state index in [-0.39, 0.29) is 17.5 Å². The van der Waals surface area contributed by atoms with Crippen LogP contribution in [0, 0.1) is 5.82 Å². The van der Waals surface area contributed by atoms with Crippen LogP contribution in [0.4, 0.5) is 4.39 Å². The lowest BCUT2D eigenvalue weighted by molar-refractivity contribution is -0.146. The summed E-state index contributed by atoms with van der Waals surface area (Å²) >= 11 is 5.98. The molecule has 2 aromatic carbocycles. The Balaban J connectivity index is 2.21. The van der Waals surface area contributed by atoms with Crippen LogP contribution in [0.3, 0.4) is 0 Å². The zero-order chi connectivity index (χ0) is 20.4. The Morgan fingerprint density at radius 1 is 1.11 bits per heavy atom. The molecule has 0 radical (unpaired) electrons. The first-order valence-electron chi connectivity index (χ1n) is 8.01. The molecule has 142 valence electrons. The molecule has 0 atom stereocenters. The number of nitrogens with zero attached hydrogens (tertiary/aromatic N) is 1. The smallest absolute Gasteiger partial charge is 0.376 e. The molecule has 0 aliphatic rings. The summed E-state index contributed by atoms with van der Waals surface area (Å²) in [6, 6.07) is 10.3. The second-order valence-electron chi connectivity index (χ2n) is 5.99. The van der Waals surface area contributed by atoms with Gasteiger partial charge in [0, 0.05) is 29.2 Å². The number of fused-ring (bicyclic) bond motifs is 1. The molecule has 2 N–H and O–H groups in total. The quantitative estimate of drug-likeness (QED) is 0.388. The van der Waals surface area contributed by atoms with Crippen molar-refractivity contribution in [3.8, 4) is 0 Å². The van der Waals surface area contributed by atoms with E-state index in [9.17, 15) is 23.9 Å². The number of carbonyl (C=O) groups is 2. The number of pyridine rings is 1. The zero-order valence-electron chi connectivity index (χ0n) is 14.2. The van der Waals surface area contributed by atoms with Crippen molar-refractivity contribution in [1.82, 2.24) is 4.57 Å². The fraction of sp³-hybridized carbons (Fsp3) is 0.0500. The molecule has 1 aromatic heterocycles. The minimum absolute atomic E-state index is 0.176. The molecule has 6 nitrogen and oxygen atoms in total. The summed E-state index contributed by atoms with van der Waals surface area (Å²) in [5, 5.41) is 19.3. The second-order valence-corrected chi connectivity index (χ2v) is 6.42. The number of carbonyl (C=O) groups excluding carboxylic acids is 1. The summed E-state index contributed by atoms with van der Waals surface area (Å²) in [7, 11) is 0. The Bertz CT molecular complexity index is 1180. The Morgan fingerprint density at radius 2 is 1.79 bits per heavy atom. The third kappa shape index (κ3) is 3.94. The first-order valence-corrected chi connectivity index (χ1v) is 8.39. The van der Waals surface area contributed by atoms with Crippen molar-refractivity contribution in [1.29, 1.82) is 0 Å². The fourth-order valence-corrected chi connectivity index (χ4v) is 2.91. The molecule has 3 rings (SSSR count). The Labute approximate surface area is 162 Å². The molecule has 0 saturated heterocycles. The normalized spacial score (nSPS) is 11.6. The van der Waals surface area contributed by atoms with E-state index in [0.717, 1.165) is 5.56 Å². The van der Waals surface area contributed by atoms with Crippen LogP contribution in [0.2, 0.25) is 5.02 Å². The van der Waals surface area contributed by atoms with Crippen molar-refractivity contribution in [3.63, 3.8) is 0 Å². The van der Waals surface area contributed by atoms with E-state index in [1.165, 1.54) is 24.4 Å².